The standard InChI is InChI=1S/C14H23ClN2O/c1-4-14(18-6-3)13(17-5-2)9-11-7-8-16-10-12(11)15/h7-8,10,13-14,17H,4-6,9H2,1-3H3. The first kappa shape index (κ1) is 15.4. The van der Waals surface area contributed by atoms with E-state index in [0.717, 1.165) is 36.6 Å². The Bertz CT molecular complexity index is 346. The fourth-order valence-electron chi connectivity index (χ4n) is 2.14. The first-order chi connectivity index (χ1) is 8.72. The highest BCUT2D eigenvalue weighted by Gasteiger charge is 2.20. The van der Waals surface area contributed by atoms with Gasteiger partial charge in [0.2, 0.25) is 0 Å². The summed E-state index contributed by atoms with van der Waals surface area (Å²) in [7, 11) is 0. The molecule has 2 atom stereocenters. The Balaban J connectivity index is 2.75. The quantitative estimate of drug-likeness (QED) is 0.788. The Labute approximate surface area is 115 Å². The number of halogens is 1. The van der Waals surface area contributed by atoms with E-state index in [1.165, 1.54) is 0 Å². The maximum atomic E-state index is 6.16. The van der Waals surface area contributed by atoms with E-state index in [1.54, 1.807) is 12.4 Å². The number of pyridine rings is 1. The van der Waals surface area contributed by atoms with Gasteiger partial charge < -0.3 is 10.1 Å². The molecule has 0 fully saturated rings. The number of hydrogen-bond donors (Lipinski definition) is 1. The summed E-state index contributed by atoms with van der Waals surface area (Å²) in [5.74, 6) is 0. The Hall–Kier alpha value is -0.640. The fraction of sp³-hybridized carbons (Fsp3) is 0.643. The first-order valence-corrected chi connectivity index (χ1v) is 7.04. The van der Waals surface area contributed by atoms with Crippen molar-refractivity contribution >= 4 is 11.6 Å². The van der Waals surface area contributed by atoms with Crippen molar-refractivity contribution in [3.63, 3.8) is 0 Å². The van der Waals surface area contributed by atoms with E-state index in [9.17, 15) is 0 Å². The maximum Gasteiger partial charge on any atom is 0.0728 e. The Morgan fingerprint density at radius 1 is 1.39 bits per heavy atom. The lowest BCUT2D eigenvalue weighted by atomic mass is 10.00. The summed E-state index contributed by atoms with van der Waals surface area (Å²) in [5.41, 5.74) is 1.12. The average molecular weight is 271 g/mol. The molecule has 0 spiro atoms. The minimum atomic E-state index is 0.221. The van der Waals surface area contributed by atoms with Gasteiger partial charge in [0, 0.05) is 25.0 Å². The van der Waals surface area contributed by atoms with Crippen molar-refractivity contribution < 1.29 is 4.74 Å². The fourth-order valence-corrected chi connectivity index (χ4v) is 2.33. The van der Waals surface area contributed by atoms with Gasteiger partial charge in [-0.15, -0.1) is 0 Å². The highest BCUT2D eigenvalue weighted by atomic mass is 35.5. The van der Waals surface area contributed by atoms with Gasteiger partial charge in [0.15, 0.2) is 0 Å². The summed E-state index contributed by atoms with van der Waals surface area (Å²) in [6.45, 7) is 7.96. The molecule has 102 valence electrons. The van der Waals surface area contributed by atoms with E-state index >= 15 is 0 Å². The van der Waals surface area contributed by atoms with E-state index in [4.69, 9.17) is 16.3 Å². The molecule has 0 aliphatic heterocycles. The SMILES string of the molecule is CCNC(Cc1ccncc1Cl)C(CC)OCC. The number of hydrogen-bond acceptors (Lipinski definition) is 3. The average Bonchev–Trinajstić information content (AvgIpc) is 2.38. The van der Waals surface area contributed by atoms with Crippen molar-refractivity contribution in [1.82, 2.24) is 10.3 Å². The lowest BCUT2D eigenvalue weighted by Crippen LogP contribution is -2.42. The molecule has 0 saturated carbocycles. The van der Waals surface area contributed by atoms with E-state index in [1.807, 2.05) is 13.0 Å². The van der Waals surface area contributed by atoms with Crippen LogP contribution in [0.25, 0.3) is 0 Å². The molecule has 1 aromatic heterocycles. The van der Waals surface area contributed by atoms with Crippen molar-refractivity contribution in [2.75, 3.05) is 13.2 Å². The number of nitrogens with one attached hydrogen (secondary N) is 1. The third-order valence-corrected chi connectivity index (χ3v) is 3.33. The number of nitrogens with zero attached hydrogens (tertiary/aromatic N) is 1. The lowest BCUT2D eigenvalue weighted by molar-refractivity contribution is 0.0323. The van der Waals surface area contributed by atoms with E-state index in [0.29, 0.717) is 6.04 Å². The summed E-state index contributed by atoms with van der Waals surface area (Å²) in [5, 5.41) is 4.22. The van der Waals surface area contributed by atoms with Gasteiger partial charge in [-0.3, -0.25) is 4.98 Å². The van der Waals surface area contributed by atoms with Gasteiger partial charge in [0.1, 0.15) is 0 Å². The normalized spacial score (nSPS) is 14.4. The number of aromatic nitrogens is 1. The van der Waals surface area contributed by atoms with Crippen molar-refractivity contribution in [3.8, 4) is 0 Å². The summed E-state index contributed by atoms with van der Waals surface area (Å²) in [6, 6.07) is 2.27. The van der Waals surface area contributed by atoms with Crippen molar-refractivity contribution in [1.29, 1.82) is 0 Å². The highest BCUT2D eigenvalue weighted by molar-refractivity contribution is 6.31. The lowest BCUT2D eigenvalue weighted by Gasteiger charge is -2.27. The predicted molar refractivity (Wildman–Crippen MR) is 76.1 cm³/mol. The Morgan fingerprint density at radius 2 is 2.17 bits per heavy atom. The van der Waals surface area contributed by atoms with Crippen LogP contribution in [0.4, 0.5) is 0 Å². The molecule has 0 bridgehead atoms. The van der Waals surface area contributed by atoms with E-state index in [2.05, 4.69) is 24.1 Å². The molecular formula is C14H23ClN2O. The summed E-state index contributed by atoms with van der Waals surface area (Å²) in [4.78, 5) is 4.02. The molecule has 0 aromatic carbocycles. The second-order valence-corrected chi connectivity index (χ2v) is 4.64. The molecule has 0 amide bonds. The van der Waals surface area contributed by atoms with Gasteiger partial charge in [-0.1, -0.05) is 25.4 Å². The van der Waals surface area contributed by atoms with Crippen LogP contribution in [0, 0.1) is 0 Å². The van der Waals surface area contributed by atoms with Gasteiger partial charge in [-0.05, 0) is 37.9 Å². The van der Waals surface area contributed by atoms with Crippen molar-refractivity contribution in [2.24, 2.45) is 0 Å². The number of ether oxygens (including phenoxy) is 1. The second-order valence-electron chi connectivity index (χ2n) is 4.24. The summed E-state index contributed by atoms with van der Waals surface area (Å²) in [6.07, 6.45) is 5.56. The molecule has 1 rings (SSSR count). The molecule has 0 aliphatic rings. The zero-order chi connectivity index (χ0) is 13.4. The molecule has 0 saturated heterocycles. The molecule has 0 radical (unpaired) electrons. The molecule has 1 N–H and O–H groups in total. The summed E-state index contributed by atoms with van der Waals surface area (Å²) >= 11 is 6.16. The van der Waals surface area contributed by atoms with Crippen LogP contribution in [0.3, 0.4) is 0 Å². The number of rotatable bonds is 8. The van der Waals surface area contributed by atoms with Gasteiger partial charge in [-0.2, -0.15) is 0 Å². The monoisotopic (exact) mass is 270 g/mol. The van der Waals surface area contributed by atoms with Gasteiger partial charge in [-0.25, -0.2) is 0 Å². The third kappa shape index (κ3) is 4.56. The van der Waals surface area contributed by atoms with Crippen LogP contribution in [-0.2, 0) is 11.2 Å². The molecular weight excluding hydrogens is 248 g/mol. The molecule has 2 unspecified atom stereocenters. The van der Waals surface area contributed by atoms with Gasteiger partial charge in [0.25, 0.3) is 0 Å². The minimum Gasteiger partial charge on any atom is -0.377 e. The van der Waals surface area contributed by atoms with Crippen LogP contribution < -0.4 is 5.32 Å². The smallest absolute Gasteiger partial charge is 0.0728 e. The molecule has 3 nitrogen and oxygen atoms in total. The van der Waals surface area contributed by atoms with Crippen LogP contribution in [0.5, 0.6) is 0 Å². The topological polar surface area (TPSA) is 34.2 Å². The second kappa shape index (κ2) is 8.46. The van der Waals surface area contributed by atoms with Crippen LogP contribution in [0.1, 0.15) is 32.8 Å². The van der Waals surface area contributed by atoms with Crippen LogP contribution >= 0.6 is 11.6 Å². The van der Waals surface area contributed by atoms with Crippen LogP contribution in [0.2, 0.25) is 5.02 Å². The van der Waals surface area contributed by atoms with Gasteiger partial charge >= 0.3 is 0 Å². The summed E-state index contributed by atoms with van der Waals surface area (Å²) < 4.78 is 5.80. The molecule has 1 heterocycles. The van der Waals surface area contributed by atoms with E-state index in [-0.39, 0.29) is 6.10 Å². The van der Waals surface area contributed by atoms with Crippen molar-refractivity contribution in [2.45, 2.75) is 45.8 Å². The molecule has 0 aliphatic carbocycles. The molecule has 18 heavy (non-hydrogen) atoms. The Morgan fingerprint density at radius 3 is 2.72 bits per heavy atom. The highest BCUT2D eigenvalue weighted by Crippen LogP contribution is 2.18. The zero-order valence-corrected chi connectivity index (χ0v) is 12.2. The predicted octanol–water partition coefficient (Wildman–Crippen LogP) is 3.07. The molecule has 1 aromatic rings. The Kier molecular flexibility index (Phi) is 7.25. The largest absolute Gasteiger partial charge is 0.377 e. The van der Waals surface area contributed by atoms with Crippen molar-refractivity contribution in [3.05, 3.63) is 29.0 Å². The van der Waals surface area contributed by atoms with Crippen LogP contribution in [-0.4, -0.2) is 30.3 Å². The first-order valence-electron chi connectivity index (χ1n) is 6.66. The third-order valence-electron chi connectivity index (χ3n) is 2.99. The van der Waals surface area contributed by atoms with E-state index < -0.39 is 0 Å². The van der Waals surface area contributed by atoms with Crippen LogP contribution in [0.15, 0.2) is 18.5 Å². The van der Waals surface area contributed by atoms with Gasteiger partial charge in [0.05, 0.1) is 11.1 Å². The minimum absolute atomic E-state index is 0.221. The zero-order valence-electron chi connectivity index (χ0n) is 11.4. The maximum absolute atomic E-state index is 6.16. The number of likely N-dealkylation sites (N-methyl/N-ethyl adjacent to an activating group) is 1. The molecule has 4 heteroatoms.